The van der Waals surface area contributed by atoms with Gasteiger partial charge in [0.2, 0.25) is 0 Å². The van der Waals surface area contributed by atoms with Crippen molar-refractivity contribution in [2.45, 2.75) is 77.6 Å². The topological polar surface area (TPSA) is 26.3 Å². The van der Waals surface area contributed by atoms with Gasteiger partial charge in [-0.15, -0.1) is 11.7 Å². The maximum atomic E-state index is 11.0. The van der Waals surface area contributed by atoms with Crippen LogP contribution in [-0.2, 0) is 9.53 Å². The second kappa shape index (κ2) is 16.2. The summed E-state index contributed by atoms with van der Waals surface area (Å²) in [6.45, 7) is 2.83. The van der Waals surface area contributed by atoms with Crippen LogP contribution in [-0.4, -0.2) is 18.3 Å². The highest BCUT2D eigenvalue weighted by atomic mass is 33.1. The predicted octanol–water partition coefficient (Wildman–Crippen LogP) is 5.42. The van der Waals surface area contributed by atoms with Crippen LogP contribution in [0.25, 0.3) is 0 Å². The number of hydrogen-bond donors (Lipinski definition) is 1. The Hall–Kier alpha value is 0.170. The van der Waals surface area contributed by atoms with Crippen molar-refractivity contribution in [1.29, 1.82) is 0 Å². The molecular formula is C15H30O2S2. The fourth-order valence-electron chi connectivity index (χ4n) is 2.05. The third-order valence-electron chi connectivity index (χ3n) is 3.19. The van der Waals surface area contributed by atoms with E-state index >= 15 is 0 Å². The molecule has 0 amide bonds. The lowest BCUT2D eigenvalue weighted by molar-refractivity contribution is -0.140. The van der Waals surface area contributed by atoms with E-state index in [0.717, 1.165) is 6.42 Å². The molecule has 0 rings (SSSR count). The zero-order valence-electron chi connectivity index (χ0n) is 12.4. The first-order valence-corrected chi connectivity index (χ1v) is 9.77. The summed E-state index contributed by atoms with van der Waals surface area (Å²) in [4.78, 5) is 11.0. The second-order valence-electron chi connectivity index (χ2n) is 5.03. The number of thiol groups is 1. The predicted molar refractivity (Wildman–Crippen MR) is 88.9 cm³/mol. The van der Waals surface area contributed by atoms with E-state index in [1.54, 1.807) is 0 Å². The molecular weight excluding hydrogens is 276 g/mol. The van der Waals surface area contributed by atoms with E-state index in [-0.39, 0.29) is 5.97 Å². The number of hydrogen-bond acceptors (Lipinski definition) is 4. The molecule has 0 unspecified atom stereocenters. The van der Waals surface area contributed by atoms with Gasteiger partial charge in [-0.1, -0.05) is 81.9 Å². The van der Waals surface area contributed by atoms with E-state index in [2.05, 4.69) is 18.6 Å². The third-order valence-corrected chi connectivity index (χ3v) is 3.95. The van der Waals surface area contributed by atoms with Gasteiger partial charge in [-0.25, -0.2) is 0 Å². The average Bonchev–Trinajstić information content (AvgIpc) is 2.40. The van der Waals surface area contributed by atoms with Crippen LogP contribution >= 0.6 is 22.5 Å². The van der Waals surface area contributed by atoms with Gasteiger partial charge in [-0.05, 0) is 6.42 Å². The lowest BCUT2D eigenvalue weighted by Crippen LogP contribution is -2.07. The summed E-state index contributed by atoms with van der Waals surface area (Å²) < 4.78 is 5.06. The summed E-state index contributed by atoms with van der Waals surface area (Å²) in [6, 6.07) is 0. The van der Waals surface area contributed by atoms with Crippen molar-refractivity contribution in [3.8, 4) is 0 Å². The van der Waals surface area contributed by atoms with Gasteiger partial charge in [-0.3, -0.25) is 4.79 Å². The SMILES string of the molecule is CCCCCCCCCCCCCOC(=O)CSS. The molecule has 0 aliphatic heterocycles. The van der Waals surface area contributed by atoms with E-state index in [1.165, 1.54) is 75.0 Å². The number of carbonyl (C=O) groups excluding carboxylic acids is 1. The molecule has 0 spiro atoms. The zero-order chi connectivity index (χ0) is 14.2. The van der Waals surface area contributed by atoms with Crippen molar-refractivity contribution in [2.24, 2.45) is 0 Å². The van der Waals surface area contributed by atoms with E-state index in [9.17, 15) is 4.79 Å². The van der Waals surface area contributed by atoms with Crippen molar-refractivity contribution >= 4 is 28.4 Å². The van der Waals surface area contributed by atoms with Gasteiger partial charge in [0.1, 0.15) is 5.75 Å². The molecule has 0 aromatic carbocycles. The summed E-state index contributed by atoms with van der Waals surface area (Å²) in [5.74, 6) is 0.202. The van der Waals surface area contributed by atoms with Crippen molar-refractivity contribution < 1.29 is 9.53 Å². The minimum absolute atomic E-state index is 0.146. The molecule has 2 nitrogen and oxygen atoms in total. The number of ether oxygens (including phenoxy) is 1. The van der Waals surface area contributed by atoms with E-state index in [4.69, 9.17) is 4.74 Å². The van der Waals surface area contributed by atoms with Gasteiger partial charge in [0, 0.05) is 0 Å². The van der Waals surface area contributed by atoms with E-state index in [1.807, 2.05) is 0 Å². The first kappa shape index (κ1) is 19.2. The molecule has 0 aromatic heterocycles. The molecule has 0 heterocycles. The summed E-state index contributed by atoms with van der Waals surface area (Å²) in [7, 11) is 1.21. The van der Waals surface area contributed by atoms with Crippen molar-refractivity contribution in [3.63, 3.8) is 0 Å². The lowest BCUT2D eigenvalue weighted by Gasteiger charge is -2.04. The molecule has 4 heteroatoms. The highest BCUT2D eigenvalue weighted by Gasteiger charge is 2.00. The van der Waals surface area contributed by atoms with Gasteiger partial charge in [0.25, 0.3) is 0 Å². The Morgan fingerprint density at radius 1 is 0.895 bits per heavy atom. The zero-order valence-corrected chi connectivity index (χ0v) is 14.1. The Bertz CT molecular complexity index is 199. The Labute approximate surface area is 128 Å². The molecule has 0 saturated carbocycles. The number of unbranched alkanes of at least 4 members (excludes halogenated alkanes) is 10. The molecule has 0 N–H and O–H groups in total. The fraction of sp³-hybridized carbons (Fsp3) is 0.933. The molecule has 0 bridgehead atoms. The minimum Gasteiger partial charge on any atom is -0.465 e. The lowest BCUT2D eigenvalue weighted by atomic mass is 10.1. The standard InChI is InChI=1S/C15H30O2S2/c1-2-3-4-5-6-7-8-9-10-11-12-13-17-15(16)14-19-18/h18H,2-14H2,1H3. The maximum Gasteiger partial charge on any atom is 0.316 e. The first-order valence-electron chi connectivity index (χ1n) is 7.73. The van der Waals surface area contributed by atoms with E-state index < -0.39 is 0 Å². The smallest absolute Gasteiger partial charge is 0.316 e. The Balaban J connectivity index is 3.01. The third kappa shape index (κ3) is 16.1. The van der Waals surface area contributed by atoms with Crippen LogP contribution in [0.15, 0.2) is 0 Å². The average molecular weight is 307 g/mol. The molecule has 0 aromatic rings. The number of rotatable bonds is 14. The van der Waals surface area contributed by atoms with Crippen LogP contribution in [0.4, 0.5) is 0 Å². The van der Waals surface area contributed by atoms with Crippen molar-refractivity contribution in [2.75, 3.05) is 12.4 Å². The summed E-state index contributed by atoms with van der Waals surface area (Å²) in [5.41, 5.74) is 0. The highest BCUT2D eigenvalue weighted by molar-refractivity contribution is 8.68. The second-order valence-corrected chi connectivity index (χ2v) is 6.35. The van der Waals surface area contributed by atoms with Crippen molar-refractivity contribution in [3.05, 3.63) is 0 Å². The summed E-state index contributed by atoms with van der Waals surface area (Å²) >= 11 is 3.91. The quantitative estimate of drug-likeness (QED) is 0.201. The highest BCUT2D eigenvalue weighted by Crippen LogP contribution is 2.11. The van der Waals surface area contributed by atoms with Crippen LogP contribution < -0.4 is 0 Å². The van der Waals surface area contributed by atoms with Crippen molar-refractivity contribution in [1.82, 2.24) is 0 Å². The van der Waals surface area contributed by atoms with Gasteiger partial charge in [0.15, 0.2) is 0 Å². The first-order chi connectivity index (χ1) is 9.31. The molecule has 0 atom stereocenters. The van der Waals surface area contributed by atoms with Gasteiger partial charge >= 0.3 is 5.97 Å². The molecule has 0 radical (unpaired) electrons. The number of carbonyl (C=O) groups is 1. The Morgan fingerprint density at radius 3 is 1.84 bits per heavy atom. The number of esters is 1. The van der Waals surface area contributed by atoms with Gasteiger partial charge in [0.05, 0.1) is 6.61 Å². The minimum atomic E-state index is -0.146. The van der Waals surface area contributed by atoms with Crippen LogP contribution in [0, 0.1) is 0 Å². The van der Waals surface area contributed by atoms with E-state index in [0.29, 0.717) is 12.4 Å². The Morgan fingerprint density at radius 2 is 1.37 bits per heavy atom. The molecule has 19 heavy (non-hydrogen) atoms. The fourth-order valence-corrected chi connectivity index (χ4v) is 2.55. The summed E-state index contributed by atoms with van der Waals surface area (Å²) in [6.07, 6.45) is 14.5. The normalized spacial score (nSPS) is 10.6. The molecule has 0 fully saturated rings. The van der Waals surface area contributed by atoms with Crippen LogP contribution in [0.5, 0.6) is 0 Å². The molecule has 114 valence electrons. The van der Waals surface area contributed by atoms with Crippen LogP contribution in [0.3, 0.4) is 0 Å². The largest absolute Gasteiger partial charge is 0.465 e. The summed E-state index contributed by atoms with van der Waals surface area (Å²) in [5, 5.41) is 0. The van der Waals surface area contributed by atoms with Crippen LogP contribution in [0.2, 0.25) is 0 Å². The Kier molecular flexibility index (Phi) is 16.4. The van der Waals surface area contributed by atoms with Crippen LogP contribution in [0.1, 0.15) is 77.6 Å². The molecule has 0 aliphatic carbocycles. The molecule has 0 aliphatic rings. The maximum absolute atomic E-state index is 11.0. The van der Waals surface area contributed by atoms with Gasteiger partial charge in [-0.2, -0.15) is 0 Å². The molecule has 0 saturated heterocycles. The van der Waals surface area contributed by atoms with Gasteiger partial charge < -0.3 is 4.74 Å². The monoisotopic (exact) mass is 306 g/mol.